The average molecular weight is 258 g/mol. The molecule has 2 aromatic rings. The van der Waals surface area contributed by atoms with E-state index in [-0.39, 0.29) is 5.69 Å². The zero-order chi connectivity index (χ0) is 13.8. The molecule has 0 aromatic heterocycles. The summed E-state index contributed by atoms with van der Waals surface area (Å²) in [5.41, 5.74) is 7.54. The van der Waals surface area contributed by atoms with Crippen molar-refractivity contribution < 1.29 is 9.18 Å². The Kier molecular flexibility index (Phi) is 3.92. The number of rotatable bonds is 3. The lowest BCUT2D eigenvalue weighted by Gasteiger charge is -2.13. The molecule has 3 N–H and O–H groups in total. The Morgan fingerprint density at radius 2 is 1.89 bits per heavy atom. The zero-order valence-electron chi connectivity index (χ0n) is 10.6. The normalized spacial score (nSPS) is 11.9. The first kappa shape index (κ1) is 13.2. The monoisotopic (exact) mass is 258 g/mol. The predicted molar refractivity (Wildman–Crippen MR) is 73.1 cm³/mol. The van der Waals surface area contributed by atoms with Crippen molar-refractivity contribution in [3.05, 3.63) is 65.5 Å². The fourth-order valence-electron chi connectivity index (χ4n) is 1.76. The van der Waals surface area contributed by atoms with E-state index >= 15 is 0 Å². The van der Waals surface area contributed by atoms with Crippen molar-refractivity contribution in [3.63, 3.8) is 0 Å². The molecule has 4 heteroatoms. The molecule has 0 saturated carbocycles. The Labute approximate surface area is 111 Å². The highest BCUT2D eigenvalue weighted by Crippen LogP contribution is 2.18. The molecule has 0 aliphatic heterocycles. The first-order valence-corrected chi connectivity index (χ1v) is 5.95. The van der Waals surface area contributed by atoms with Gasteiger partial charge < -0.3 is 11.1 Å². The highest BCUT2D eigenvalue weighted by atomic mass is 19.1. The minimum absolute atomic E-state index is 0.149. The van der Waals surface area contributed by atoms with Crippen LogP contribution in [0.3, 0.4) is 0 Å². The van der Waals surface area contributed by atoms with Gasteiger partial charge in [-0.2, -0.15) is 0 Å². The van der Waals surface area contributed by atoms with Crippen LogP contribution in [0.4, 0.5) is 10.1 Å². The van der Waals surface area contributed by atoms with Gasteiger partial charge in [0, 0.05) is 0 Å². The Morgan fingerprint density at radius 1 is 1.21 bits per heavy atom. The summed E-state index contributed by atoms with van der Waals surface area (Å²) in [5, 5.41) is 2.51. The van der Waals surface area contributed by atoms with E-state index in [1.54, 1.807) is 36.4 Å². The van der Waals surface area contributed by atoms with E-state index in [0.717, 1.165) is 5.56 Å². The van der Waals surface area contributed by atoms with E-state index in [0.29, 0.717) is 5.56 Å². The number of amides is 1. The smallest absolute Gasteiger partial charge is 0.245 e. The first-order valence-electron chi connectivity index (χ1n) is 5.95. The van der Waals surface area contributed by atoms with Gasteiger partial charge in [-0.3, -0.25) is 4.79 Å². The summed E-state index contributed by atoms with van der Waals surface area (Å²) >= 11 is 0. The molecule has 3 nitrogen and oxygen atoms in total. The van der Waals surface area contributed by atoms with Crippen LogP contribution in [0, 0.1) is 12.7 Å². The predicted octanol–water partition coefficient (Wildman–Crippen LogP) is 2.77. The number of nitrogens with one attached hydrogen (secondary N) is 1. The van der Waals surface area contributed by atoms with E-state index in [9.17, 15) is 9.18 Å². The van der Waals surface area contributed by atoms with Crippen LogP contribution in [0.25, 0.3) is 0 Å². The fourth-order valence-corrected chi connectivity index (χ4v) is 1.76. The Hall–Kier alpha value is -2.20. The number of aryl methyl sites for hydroxylation is 1. The molecular formula is C15H15FN2O. The molecule has 19 heavy (non-hydrogen) atoms. The molecule has 0 bridgehead atoms. The Bertz CT molecular complexity index is 584. The number of hydrogen-bond donors (Lipinski definition) is 2. The quantitative estimate of drug-likeness (QED) is 0.889. The third-order valence-electron chi connectivity index (χ3n) is 2.82. The van der Waals surface area contributed by atoms with Crippen LogP contribution in [0.15, 0.2) is 48.5 Å². The molecule has 98 valence electrons. The molecule has 0 radical (unpaired) electrons. The molecule has 0 saturated heterocycles. The lowest BCUT2D eigenvalue weighted by molar-refractivity contribution is -0.117. The van der Waals surface area contributed by atoms with Crippen molar-refractivity contribution in [1.29, 1.82) is 0 Å². The number of nitrogens with two attached hydrogens (primary N) is 1. The Balaban J connectivity index is 2.15. The molecule has 0 heterocycles. The lowest BCUT2D eigenvalue weighted by atomic mass is 10.1. The van der Waals surface area contributed by atoms with Crippen LogP contribution < -0.4 is 11.1 Å². The van der Waals surface area contributed by atoms with E-state index in [2.05, 4.69) is 5.32 Å². The van der Waals surface area contributed by atoms with Crippen molar-refractivity contribution in [3.8, 4) is 0 Å². The van der Waals surface area contributed by atoms with Gasteiger partial charge in [0.1, 0.15) is 11.9 Å². The summed E-state index contributed by atoms with van der Waals surface area (Å²) < 4.78 is 13.5. The molecule has 0 fully saturated rings. The summed E-state index contributed by atoms with van der Waals surface area (Å²) in [5.74, 6) is -0.907. The van der Waals surface area contributed by atoms with Crippen molar-refractivity contribution >= 4 is 11.6 Å². The molecule has 1 atom stereocenters. The molecular weight excluding hydrogens is 243 g/mol. The highest BCUT2D eigenvalue weighted by molar-refractivity contribution is 5.95. The van der Waals surface area contributed by atoms with Crippen molar-refractivity contribution in [1.82, 2.24) is 0 Å². The van der Waals surface area contributed by atoms with E-state index < -0.39 is 17.8 Å². The second-order valence-electron chi connectivity index (χ2n) is 4.36. The lowest BCUT2D eigenvalue weighted by Crippen LogP contribution is -2.28. The number of halogens is 1. The summed E-state index contributed by atoms with van der Waals surface area (Å²) in [6.07, 6.45) is 0. The van der Waals surface area contributed by atoms with E-state index in [1.807, 2.05) is 13.0 Å². The summed E-state index contributed by atoms with van der Waals surface area (Å²) in [4.78, 5) is 12.0. The number of carbonyl (C=O) groups is 1. The zero-order valence-corrected chi connectivity index (χ0v) is 10.6. The van der Waals surface area contributed by atoms with Gasteiger partial charge in [-0.25, -0.2) is 4.39 Å². The van der Waals surface area contributed by atoms with Crippen LogP contribution in [-0.2, 0) is 4.79 Å². The molecule has 0 spiro atoms. The molecule has 1 amide bonds. The summed E-state index contributed by atoms with van der Waals surface area (Å²) in [6, 6.07) is 12.7. The standard InChI is InChI=1S/C15H15FN2O/c1-10-7-8-12(16)13(9-10)18-15(19)14(17)11-5-3-2-4-6-11/h2-9,14H,17H2,1H3,(H,18,19)/t14-/m1/s1. The maximum Gasteiger partial charge on any atom is 0.245 e. The van der Waals surface area contributed by atoms with Crippen LogP contribution in [0.5, 0.6) is 0 Å². The molecule has 0 aliphatic carbocycles. The van der Waals surface area contributed by atoms with Gasteiger partial charge in [0.2, 0.25) is 5.91 Å². The van der Waals surface area contributed by atoms with Crippen molar-refractivity contribution in [2.75, 3.05) is 5.32 Å². The maximum absolute atomic E-state index is 13.5. The third-order valence-corrected chi connectivity index (χ3v) is 2.82. The summed E-state index contributed by atoms with van der Waals surface area (Å²) in [6.45, 7) is 1.83. The van der Waals surface area contributed by atoms with Gasteiger partial charge >= 0.3 is 0 Å². The van der Waals surface area contributed by atoms with Crippen LogP contribution >= 0.6 is 0 Å². The number of carbonyl (C=O) groups excluding carboxylic acids is 1. The van der Waals surface area contributed by atoms with Crippen molar-refractivity contribution in [2.24, 2.45) is 5.73 Å². The molecule has 0 aliphatic rings. The second kappa shape index (κ2) is 5.63. The summed E-state index contributed by atoms with van der Waals surface area (Å²) in [7, 11) is 0. The largest absolute Gasteiger partial charge is 0.322 e. The highest BCUT2D eigenvalue weighted by Gasteiger charge is 2.16. The SMILES string of the molecule is Cc1ccc(F)c(NC(=O)[C@H](N)c2ccccc2)c1. The Morgan fingerprint density at radius 3 is 2.58 bits per heavy atom. The van der Waals surface area contributed by atoms with Gasteiger partial charge in [-0.15, -0.1) is 0 Å². The molecule has 2 aromatic carbocycles. The van der Waals surface area contributed by atoms with Gasteiger partial charge in [0.15, 0.2) is 0 Å². The van der Waals surface area contributed by atoms with Gasteiger partial charge in [-0.1, -0.05) is 36.4 Å². The van der Waals surface area contributed by atoms with Crippen LogP contribution in [-0.4, -0.2) is 5.91 Å². The molecule has 2 rings (SSSR count). The van der Waals surface area contributed by atoms with Crippen molar-refractivity contribution in [2.45, 2.75) is 13.0 Å². The minimum atomic E-state index is -0.818. The molecule has 0 unspecified atom stereocenters. The van der Waals surface area contributed by atoms with Crippen LogP contribution in [0.1, 0.15) is 17.2 Å². The topological polar surface area (TPSA) is 55.1 Å². The maximum atomic E-state index is 13.5. The van der Waals surface area contributed by atoms with E-state index in [1.165, 1.54) is 6.07 Å². The first-order chi connectivity index (χ1) is 9.08. The third kappa shape index (κ3) is 3.17. The fraction of sp³-hybridized carbons (Fsp3) is 0.133. The second-order valence-corrected chi connectivity index (χ2v) is 4.36. The van der Waals surface area contributed by atoms with E-state index in [4.69, 9.17) is 5.73 Å². The minimum Gasteiger partial charge on any atom is -0.322 e. The average Bonchev–Trinajstić information content (AvgIpc) is 2.43. The number of benzene rings is 2. The number of anilines is 1. The van der Waals surface area contributed by atoms with Gasteiger partial charge in [0.25, 0.3) is 0 Å². The van der Waals surface area contributed by atoms with Crippen LogP contribution in [0.2, 0.25) is 0 Å². The van der Waals surface area contributed by atoms with Gasteiger partial charge in [0.05, 0.1) is 5.69 Å². The van der Waals surface area contributed by atoms with Gasteiger partial charge in [-0.05, 0) is 30.2 Å². The number of hydrogen-bond acceptors (Lipinski definition) is 2.